The van der Waals surface area contributed by atoms with Crippen molar-refractivity contribution >= 4 is 11.6 Å². The monoisotopic (exact) mass is 433 g/mol. The van der Waals surface area contributed by atoms with E-state index in [1.807, 2.05) is 0 Å². The normalized spacial score (nSPS) is 15.4. The minimum atomic E-state index is -0.281. The predicted molar refractivity (Wildman–Crippen MR) is 127 cm³/mol. The molecule has 0 aliphatic heterocycles. The molecule has 0 saturated heterocycles. The zero-order valence-corrected chi connectivity index (χ0v) is 20.2. The van der Waals surface area contributed by atoms with Crippen LogP contribution in [-0.4, -0.2) is 27.2 Å². The highest BCUT2D eigenvalue weighted by atomic mass is 16.5. The molecule has 0 heterocycles. The van der Waals surface area contributed by atoms with Crippen LogP contribution in [0.5, 0.6) is 17.2 Å². The third-order valence-corrected chi connectivity index (χ3v) is 6.75. The summed E-state index contributed by atoms with van der Waals surface area (Å²) in [5, 5.41) is 3.17. The van der Waals surface area contributed by atoms with Gasteiger partial charge in [-0.1, -0.05) is 77.6 Å². The molecule has 1 aliphatic rings. The highest BCUT2D eigenvalue weighted by molar-refractivity contribution is 5.98. The summed E-state index contributed by atoms with van der Waals surface area (Å²) < 4.78 is 16.4. The lowest BCUT2D eigenvalue weighted by Gasteiger charge is -2.36. The number of hydrogen-bond donors (Lipinski definition) is 1. The van der Waals surface area contributed by atoms with E-state index in [2.05, 4.69) is 12.2 Å². The maximum Gasteiger partial charge on any atom is 0.230 e. The van der Waals surface area contributed by atoms with E-state index in [1.54, 1.807) is 33.5 Å². The van der Waals surface area contributed by atoms with Crippen molar-refractivity contribution in [2.75, 3.05) is 26.6 Å². The van der Waals surface area contributed by atoms with Gasteiger partial charge in [-0.3, -0.25) is 4.79 Å². The quantitative estimate of drug-likeness (QED) is 0.317. The molecule has 1 amide bonds. The molecule has 0 spiro atoms. The number of methoxy groups -OCH3 is 3. The van der Waals surface area contributed by atoms with Crippen LogP contribution >= 0.6 is 0 Å². The van der Waals surface area contributed by atoms with Gasteiger partial charge in [-0.15, -0.1) is 0 Å². The lowest BCUT2D eigenvalue weighted by Crippen LogP contribution is -2.38. The van der Waals surface area contributed by atoms with Gasteiger partial charge in [0.05, 0.1) is 21.3 Å². The van der Waals surface area contributed by atoms with Crippen LogP contribution in [0.15, 0.2) is 12.1 Å². The number of nitrogens with one attached hydrogen (secondary N) is 1. The first kappa shape index (κ1) is 25.4. The molecular weight excluding hydrogens is 390 g/mol. The predicted octanol–water partition coefficient (Wildman–Crippen LogP) is 7.13. The Morgan fingerprint density at radius 1 is 0.839 bits per heavy atom. The van der Waals surface area contributed by atoms with Crippen molar-refractivity contribution in [3.05, 3.63) is 12.1 Å². The van der Waals surface area contributed by atoms with E-state index in [0.29, 0.717) is 22.9 Å². The number of amides is 1. The topological polar surface area (TPSA) is 56.8 Å². The molecule has 1 N–H and O–H groups in total. The van der Waals surface area contributed by atoms with Gasteiger partial charge in [0, 0.05) is 17.5 Å². The van der Waals surface area contributed by atoms with E-state index in [4.69, 9.17) is 14.2 Å². The molecule has 0 bridgehead atoms. The fourth-order valence-corrected chi connectivity index (χ4v) is 4.79. The van der Waals surface area contributed by atoms with Crippen molar-refractivity contribution in [1.29, 1.82) is 0 Å². The third kappa shape index (κ3) is 7.33. The zero-order valence-electron chi connectivity index (χ0n) is 20.2. The van der Waals surface area contributed by atoms with Crippen LogP contribution in [0.2, 0.25) is 0 Å². The van der Waals surface area contributed by atoms with Gasteiger partial charge in [-0.2, -0.15) is 0 Å². The van der Waals surface area contributed by atoms with E-state index in [-0.39, 0.29) is 11.3 Å². The number of carbonyl (C=O) groups excluding carboxylic acids is 1. The van der Waals surface area contributed by atoms with E-state index < -0.39 is 0 Å². The average Bonchev–Trinajstić information content (AvgIpc) is 2.81. The second-order valence-electron chi connectivity index (χ2n) is 8.93. The minimum absolute atomic E-state index is 0.108. The molecule has 0 unspecified atom stereocenters. The Morgan fingerprint density at radius 3 is 1.90 bits per heavy atom. The summed E-state index contributed by atoms with van der Waals surface area (Å²) in [5.74, 6) is 1.86. The van der Waals surface area contributed by atoms with Crippen LogP contribution in [0.4, 0.5) is 5.69 Å². The smallest absolute Gasteiger partial charge is 0.230 e. The van der Waals surface area contributed by atoms with Crippen molar-refractivity contribution in [3.8, 4) is 17.2 Å². The Bertz CT molecular complexity index is 642. The molecule has 1 aliphatic carbocycles. The molecular formula is C26H43NO4. The van der Waals surface area contributed by atoms with E-state index in [0.717, 1.165) is 38.5 Å². The Kier molecular flexibility index (Phi) is 11.0. The molecule has 176 valence electrons. The van der Waals surface area contributed by atoms with Gasteiger partial charge in [0.25, 0.3) is 0 Å². The largest absolute Gasteiger partial charge is 0.496 e. The van der Waals surface area contributed by atoms with Gasteiger partial charge in [0.1, 0.15) is 22.9 Å². The first-order valence-corrected chi connectivity index (χ1v) is 12.2. The van der Waals surface area contributed by atoms with Crippen LogP contribution in [0, 0.1) is 5.41 Å². The summed E-state index contributed by atoms with van der Waals surface area (Å²) in [6.07, 6.45) is 16.7. The lowest BCUT2D eigenvalue weighted by molar-refractivity contribution is -0.128. The minimum Gasteiger partial charge on any atom is -0.496 e. The molecule has 1 aromatic rings. The Morgan fingerprint density at radius 2 is 1.39 bits per heavy atom. The first-order valence-electron chi connectivity index (χ1n) is 12.2. The molecule has 0 aromatic heterocycles. The average molecular weight is 434 g/mol. The number of unbranched alkanes of at least 4 members (excludes halogenated alkanes) is 7. The van der Waals surface area contributed by atoms with E-state index in [1.165, 1.54) is 51.4 Å². The number of ether oxygens (including phenoxy) is 3. The van der Waals surface area contributed by atoms with Gasteiger partial charge >= 0.3 is 0 Å². The van der Waals surface area contributed by atoms with Gasteiger partial charge < -0.3 is 19.5 Å². The maximum atomic E-state index is 13.6. The van der Waals surface area contributed by atoms with Crippen LogP contribution in [0.1, 0.15) is 96.8 Å². The van der Waals surface area contributed by atoms with Crippen LogP contribution in [0.25, 0.3) is 0 Å². The summed E-state index contributed by atoms with van der Waals surface area (Å²) in [4.78, 5) is 13.6. The summed E-state index contributed by atoms with van der Waals surface area (Å²) in [6, 6.07) is 3.56. The lowest BCUT2D eigenvalue weighted by atomic mass is 9.70. The van der Waals surface area contributed by atoms with Crippen molar-refractivity contribution in [2.45, 2.75) is 96.8 Å². The molecule has 5 heteroatoms. The van der Waals surface area contributed by atoms with Crippen LogP contribution in [0.3, 0.4) is 0 Å². The molecule has 5 nitrogen and oxygen atoms in total. The SMILES string of the molecule is CCCCCCCCCCC1(C(=O)Nc2c(OC)cc(OC)cc2OC)CCCCC1. The number of carbonyl (C=O) groups is 1. The number of hydrogen-bond acceptors (Lipinski definition) is 4. The molecule has 1 saturated carbocycles. The van der Waals surface area contributed by atoms with Crippen molar-refractivity contribution in [2.24, 2.45) is 5.41 Å². The Labute approximate surface area is 189 Å². The zero-order chi connectivity index (χ0) is 22.5. The molecule has 0 radical (unpaired) electrons. The molecule has 0 atom stereocenters. The second kappa shape index (κ2) is 13.5. The van der Waals surface area contributed by atoms with Crippen molar-refractivity contribution < 1.29 is 19.0 Å². The number of anilines is 1. The van der Waals surface area contributed by atoms with E-state index >= 15 is 0 Å². The number of rotatable bonds is 14. The highest BCUT2D eigenvalue weighted by Crippen LogP contribution is 2.44. The van der Waals surface area contributed by atoms with Gasteiger partial charge in [0.2, 0.25) is 5.91 Å². The fraction of sp³-hybridized carbons (Fsp3) is 0.731. The van der Waals surface area contributed by atoms with Gasteiger partial charge in [-0.05, 0) is 19.3 Å². The molecule has 2 rings (SSSR count). The van der Waals surface area contributed by atoms with Crippen molar-refractivity contribution in [1.82, 2.24) is 0 Å². The van der Waals surface area contributed by atoms with Gasteiger partial charge in [-0.25, -0.2) is 0 Å². The molecule has 31 heavy (non-hydrogen) atoms. The number of benzene rings is 1. The summed E-state index contributed by atoms with van der Waals surface area (Å²) in [7, 11) is 4.80. The van der Waals surface area contributed by atoms with E-state index in [9.17, 15) is 4.79 Å². The summed E-state index contributed by atoms with van der Waals surface area (Å²) in [5.41, 5.74) is 0.313. The van der Waals surface area contributed by atoms with Crippen LogP contribution in [-0.2, 0) is 4.79 Å². The maximum absolute atomic E-state index is 13.6. The molecule has 1 aromatic carbocycles. The fourth-order valence-electron chi connectivity index (χ4n) is 4.79. The van der Waals surface area contributed by atoms with Crippen LogP contribution < -0.4 is 19.5 Å². The van der Waals surface area contributed by atoms with Crippen molar-refractivity contribution in [3.63, 3.8) is 0 Å². The Balaban J connectivity index is 2.03. The standard InChI is InChI=1S/C26H43NO4/c1-5-6-7-8-9-10-11-13-16-26(17-14-12-15-18-26)25(28)27-24-22(30-3)19-21(29-2)20-23(24)31-4/h19-20H,5-18H2,1-4H3,(H,27,28). The summed E-state index contributed by atoms with van der Waals surface area (Å²) >= 11 is 0. The third-order valence-electron chi connectivity index (χ3n) is 6.75. The Hall–Kier alpha value is -1.91. The van der Waals surface area contributed by atoms with Gasteiger partial charge in [0.15, 0.2) is 0 Å². The highest BCUT2D eigenvalue weighted by Gasteiger charge is 2.39. The second-order valence-corrected chi connectivity index (χ2v) is 8.93. The first-order chi connectivity index (χ1) is 15.1. The molecule has 1 fully saturated rings. The summed E-state index contributed by atoms with van der Waals surface area (Å²) in [6.45, 7) is 2.26.